The minimum Gasteiger partial charge on any atom is -0.484 e. The predicted octanol–water partition coefficient (Wildman–Crippen LogP) is 2.86. The molecule has 2 rings (SSSR count). The maximum absolute atomic E-state index is 13.9. The van der Waals surface area contributed by atoms with E-state index in [1.54, 1.807) is 17.8 Å². The van der Waals surface area contributed by atoms with E-state index in [1.165, 1.54) is 6.07 Å². The zero-order valence-corrected chi connectivity index (χ0v) is 13.0. The molecule has 0 fully saturated rings. The molecular weight excluding hydrogens is 293 g/mol. The minimum atomic E-state index is -0.394. The number of hydrogen-bond acceptors (Lipinski definition) is 3. The van der Waals surface area contributed by atoms with Crippen LogP contribution < -0.4 is 10.5 Å². The molecule has 2 aromatic rings. The average molecular weight is 312 g/mol. The van der Waals surface area contributed by atoms with Crippen LogP contribution in [-0.4, -0.2) is 16.3 Å². The Hall–Kier alpha value is -1.59. The Labute approximate surface area is 128 Å². The Morgan fingerprint density at radius 3 is 2.76 bits per heavy atom. The first-order valence-electron chi connectivity index (χ1n) is 6.88. The number of aromatic nitrogens is 2. The summed E-state index contributed by atoms with van der Waals surface area (Å²) in [7, 11) is 1.80. The summed E-state index contributed by atoms with van der Waals surface area (Å²) in [4.78, 5) is 0. The van der Waals surface area contributed by atoms with Crippen LogP contribution in [0.5, 0.6) is 5.75 Å². The third kappa shape index (κ3) is 3.54. The quantitative estimate of drug-likeness (QED) is 0.892. The first-order chi connectivity index (χ1) is 10.1. The highest BCUT2D eigenvalue weighted by atomic mass is 35.5. The van der Waals surface area contributed by atoms with Crippen molar-refractivity contribution in [1.29, 1.82) is 0 Å². The van der Waals surface area contributed by atoms with Gasteiger partial charge in [0.05, 0.1) is 16.4 Å². The van der Waals surface area contributed by atoms with Gasteiger partial charge >= 0.3 is 0 Å². The van der Waals surface area contributed by atoms with Gasteiger partial charge in [-0.1, -0.05) is 24.6 Å². The van der Waals surface area contributed by atoms with Gasteiger partial charge in [0.1, 0.15) is 6.61 Å². The molecule has 6 heteroatoms. The number of ether oxygens (including phenoxy) is 1. The molecule has 0 saturated heterocycles. The Balaban J connectivity index is 2.11. The van der Waals surface area contributed by atoms with Crippen LogP contribution in [0.15, 0.2) is 18.2 Å². The van der Waals surface area contributed by atoms with E-state index >= 15 is 0 Å². The summed E-state index contributed by atoms with van der Waals surface area (Å²) in [5, 5.41) is 4.88. The summed E-state index contributed by atoms with van der Waals surface area (Å²) in [6, 6.07) is 4.88. The lowest BCUT2D eigenvalue weighted by Gasteiger charge is -2.09. The summed E-state index contributed by atoms with van der Waals surface area (Å²) in [5.41, 5.74) is 7.86. The van der Waals surface area contributed by atoms with Crippen molar-refractivity contribution in [1.82, 2.24) is 9.78 Å². The lowest BCUT2D eigenvalue weighted by atomic mass is 10.1. The molecular formula is C15H19ClFN3O. The zero-order valence-electron chi connectivity index (χ0n) is 12.2. The largest absolute Gasteiger partial charge is 0.484 e. The summed E-state index contributed by atoms with van der Waals surface area (Å²) >= 11 is 6.23. The molecule has 1 aromatic carbocycles. The molecule has 0 spiro atoms. The molecule has 21 heavy (non-hydrogen) atoms. The Bertz CT molecular complexity index is 628. The van der Waals surface area contributed by atoms with Crippen molar-refractivity contribution in [2.45, 2.75) is 26.4 Å². The summed E-state index contributed by atoms with van der Waals surface area (Å²) in [6.07, 6.45) is 1.39. The molecule has 4 nitrogen and oxygen atoms in total. The summed E-state index contributed by atoms with van der Waals surface area (Å²) in [6.45, 7) is 2.65. The number of nitrogens with zero attached hydrogens (tertiary/aromatic N) is 2. The van der Waals surface area contributed by atoms with Gasteiger partial charge in [-0.25, -0.2) is 4.39 Å². The molecule has 0 radical (unpaired) electrons. The van der Waals surface area contributed by atoms with Gasteiger partial charge in [-0.15, -0.1) is 0 Å². The molecule has 114 valence electrons. The van der Waals surface area contributed by atoms with Crippen molar-refractivity contribution in [3.05, 3.63) is 46.0 Å². The van der Waals surface area contributed by atoms with Crippen LogP contribution in [0.25, 0.3) is 0 Å². The van der Waals surface area contributed by atoms with Crippen molar-refractivity contribution in [3.8, 4) is 5.75 Å². The maximum Gasteiger partial charge on any atom is 0.165 e. The number of halogens is 2. The van der Waals surface area contributed by atoms with Gasteiger partial charge in [-0.2, -0.15) is 5.10 Å². The number of nitrogens with two attached hydrogens (primary N) is 1. The normalized spacial score (nSPS) is 10.9. The number of benzene rings is 1. The van der Waals surface area contributed by atoms with Crippen LogP contribution >= 0.6 is 11.6 Å². The molecule has 0 bridgehead atoms. The monoisotopic (exact) mass is 311 g/mol. The van der Waals surface area contributed by atoms with Gasteiger partial charge in [0.15, 0.2) is 11.6 Å². The molecule has 0 saturated carbocycles. The van der Waals surface area contributed by atoms with E-state index in [4.69, 9.17) is 22.1 Å². The third-order valence-corrected chi connectivity index (χ3v) is 3.73. The van der Waals surface area contributed by atoms with Crippen LogP contribution in [0.3, 0.4) is 0 Å². The highest BCUT2D eigenvalue weighted by Crippen LogP contribution is 2.24. The fourth-order valence-corrected chi connectivity index (χ4v) is 2.45. The van der Waals surface area contributed by atoms with E-state index in [2.05, 4.69) is 5.10 Å². The second kappa shape index (κ2) is 6.91. The van der Waals surface area contributed by atoms with Crippen molar-refractivity contribution < 1.29 is 9.13 Å². The maximum atomic E-state index is 13.9. The van der Waals surface area contributed by atoms with Gasteiger partial charge in [0.2, 0.25) is 0 Å². The Morgan fingerprint density at radius 1 is 1.43 bits per heavy atom. The number of hydrogen-bond donors (Lipinski definition) is 1. The van der Waals surface area contributed by atoms with E-state index in [0.29, 0.717) is 18.0 Å². The standard InChI is InChI=1S/C15H19ClFN3O/c1-3-12-15(16)13(20(2)19-12)9-21-14-5-4-10(6-7-18)8-11(14)17/h4-5,8H,3,6-7,9,18H2,1-2H3. The SMILES string of the molecule is CCc1nn(C)c(COc2ccc(CCN)cc2F)c1Cl. The third-order valence-electron chi connectivity index (χ3n) is 3.30. The van der Waals surface area contributed by atoms with Crippen molar-refractivity contribution in [3.63, 3.8) is 0 Å². The highest BCUT2D eigenvalue weighted by molar-refractivity contribution is 6.31. The smallest absolute Gasteiger partial charge is 0.165 e. The summed E-state index contributed by atoms with van der Waals surface area (Å²) in [5.74, 6) is -0.193. The van der Waals surface area contributed by atoms with Crippen molar-refractivity contribution in [2.24, 2.45) is 12.8 Å². The van der Waals surface area contributed by atoms with Crippen LogP contribution in [0, 0.1) is 5.82 Å². The molecule has 0 atom stereocenters. The van der Waals surface area contributed by atoms with Gasteiger partial charge in [-0.05, 0) is 37.1 Å². The van der Waals surface area contributed by atoms with Crippen LogP contribution in [0.1, 0.15) is 23.9 Å². The first kappa shape index (κ1) is 15.8. The van der Waals surface area contributed by atoms with Gasteiger partial charge in [0, 0.05) is 7.05 Å². The second-order valence-corrected chi connectivity index (χ2v) is 5.15. The first-order valence-corrected chi connectivity index (χ1v) is 7.26. The molecule has 0 aliphatic carbocycles. The fourth-order valence-electron chi connectivity index (χ4n) is 2.11. The second-order valence-electron chi connectivity index (χ2n) is 4.78. The summed E-state index contributed by atoms with van der Waals surface area (Å²) < 4.78 is 21.1. The Kier molecular flexibility index (Phi) is 5.20. The average Bonchev–Trinajstić information content (AvgIpc) is 2.73. The van der Waals surface area contributed by atoms with E-state index in [1.807, 2.05) is 13.0 Å². The molecule has 2 N–H and O–H groups in total. The fraction of sp³-hybridized carbons (Fsp3) is 0.400. The highest BCUT2D eigenvalue weighted by Gasteiger charge is 2.14. The van der Waals surface area contributed by atoms with Crippen molar-refractivity contribution in [2.75, 3.05) is 6.54 Å². The molecule has 0 aliphatic heterocycles. The van der Waals surface area contributed by atoms with Gasteiger partial charge in [0.25, 0.3) is 0 Å². The van der Waals surface area contributed by atoms with Crippen LogP contribution in [0.2, 0.25) is 5.02 Å². The van der Waals surface area contributed by atoms with Crippen molar-refractivity contribution >= 4 is 11.6 Å². The predicted molar refractivity (Wildman–Crippen MR) is 81.1 cm³/mol. The van der Waals surface area contributed by atoms with E-state index in [9.17, 15) is 4.39 Å². The lowest BCUT2D eigenvalue weighted by molar-refractivity contribution is 0.280. The number of rotatable bonds is 6. The zero-order chi connectivity index (χ0) is 15.4. The van der Waals surface area contributed by atoms with Crippen LogP contribution in [0.4, 0.5) is 4.39 Å². The minimum absolute atomic E-state index is 0.176. The topological polar surface area (TPSA) is 53.1 Å². The number of aryl methyl sites for hydroxylation is 2. The molecule has 0 amide bonds. The Morgan fingerprint density at radius 2 is 2.19 bits per heavy atom. The lowest BCUT2D eigenvalue weighted by Crippen LogP contribution is -2.06. The molecule has 0 unspecified atom stereocenters. The van der Waals surface area contributed by atoms with Gasteiger partial charge < -0.3 is 10.5 Å². The van der Waals surface area contributed by atoms with E-state index in [-0.39, 0.29) is 12.4 Å². The molecule has 0 aliphatic rings. The molecule has 1 aromatic heterocycles. The molecule has 1 heterocycles. The van der Waals surface area contributed by atoms with E-state index in [0.717, 1.165) is 23.4 Å². The van der Waals surface area contributed by atoms with Gasteiger partial charge in [-0.3, -0.25) is 4.68 Å². The van der Waals surface area contributed by atoms with Crippen LogP contribution in [-0.2, 0) is 26.5 Å². The van der Waals surface area contributed by atoms with E-state index < -0.39 is 5.82 Å².